The summed E-state index contributed by atoms with van der Waals surface area (Å²) in [4.78, 5) is 3.92. The number of halogens is 3. The van der Waals surface area contributed by atoms with Crippen LogP contribution in [0.1, 0.15) is 5.56 Å². The largest absolute Gasteiger partial charge is 0.417 e. The minimum Gasteiger partial charge on any atom is -0.320 e. The fraction of sp³-hybridized carbons (Fsp3) is 0.0833. The van der Waals surface area contributed by atoms with E-state index >= 15 is 0 Å². The normalized spacial score (nSPS) is 12.4. The Morgan fingerprint density at radius 3 is 2.71 bits per heavy atom. The molecule has 1 aromatic carbocycles. The van der Waals surface area contributed by atoms with Gasteiger partial charge in [-0.05, 0) is 6.07 Å². The van der Waals surface area contributed by atoms with Crippen LogP contribution in [-0.4, -0.2) is 9.38 Å². The van der Waals surface area contributed by atoms with E-state index in [9.17, 15) is 13.2 Å². The Balaban J connectivity index is 2.48. The van der Waals surface area contributed by atoms with E-state index in [-0.39, 0.29) is 5.39 Å². The molecule has 0 amide bonds. The van der Waals surface area contributed by atoms with E-state index in [1.54, 1.807) is 29.1 Å². The molecule has 0 aliphatic heterocycles. The summed E-state index contributed by atoms with van der Waals surface area (Å²) < 4.78 is 40.1. The lowest BCUT2D eigenvalue weighted by Gasteiger charge is -2.07. The highest BCUT2D eigenvalue weighted by Gasteiger charge is 2.32. The molecule has 0 radical (unpaired) electrons. The van der Waals surface area contributed by atoms with Crippen LogP contribution in [0.4, 0.5) is 13.2 Å². The average Bonchev–Trinajstić information content (AvgIpc) is 2.65. The molecule has 2 heterocycles. The molecule has 0 aliphatic carbocycles. The molecule has 2 aromatic heterocycles. The molecule has 0 unspecified atom stereocenters. The van der Waals surface area contributed by atoms with Gasteiger partial charge in [0.1, 0.15) is 0 Å². The Hall–Kier alpha value is -2.04. The van der Waals surface area contributed by atoms with Crippen molar-refractivity contribution < 1.29 is 13.2 Å². The molecule has 0 spiro atoms. The first kappa shape index (κ1) is 10.1. The van der Waals surface area contributed by atoms with E-state index in [0.29, 0.717) is 10.9 Å². The zero-order valence-electron chi connectivity index (χ0n) is 8.57. The first-order chi connectivity index (χ1) is 8.07. The first-order valence-electron chi connectivity index (χ1n) is 4.98. The number of rotatable bonds is 0. The number of hydrogen-bond acceptors (Lipinski definition) is 1. The van der Waals surface area contributed by atoms with Gasteiger partial charge in [0.2, 0.25) is 0 Å². The van der Waals surface area contributed by atoms with Crippen LogP contribution in [0, 0.1) is 0 Å². The van der Waals surface area contributed by atoms with Gasteiger partial charge < -0.3 is 4.40 Å². The first-order valence-corrected chi connectivity index (χ1v) is 4.98. The van der Waals surface area contributed by atoms with Crippen molar-refractivity contribution in [1.29, 1.82) is 0 Å². The van der Waals surface area contributed by atoms with E-state index in [4.69, 9.17) is 0 Å². The van der Waals surface area contributed by atoms with Crippen LogP contribution < -0.4 is 0 Å². The molecular weight excluding hydrogens is 229 g/mol. The van der Waals surface area contributed by atoms with Crippen LogP contribution in [-0.2, 0) is 6.18 Å². The maximum atomic E-state index is 12.8. The third kappa shape index (κ3) is 1.46. The second-order valence-corrected chi connectivity index (χ2v) is 3.76. The molecule has 0 fully saturated rings. The fourth-order valence-corrected chi connectivity index (χ4v) is 2.01. The van der Waals surface area contributed by atoms with Crippen LogP contribution in [0.2, 0.25) is 0 Å². The molecular formula is C12H7F3N2. The predicted molar refractivity (Wildman–Crippen MR) is 57.7 cm³/mol. The average molecular weight is 236 g/mol. The maximum Gasteiger partial charge on any atom is 0.417 e. The van der Waals surface area contributed by atoms with Crippen molar-refractivity contribution >= 4 is 16.3 Å². The summed E-state index contributed by atoms with van der Waals surface area (Å²) >= 11 is 0. The number of benzene rings is 1. The maximum absolute atomic E-state index is 12.8. The van der Waals surface area contributed by atoms with Crippen molar-refractivity contribution in [3.8, 4) is 0 Å². The van der Waals surface area contributed by atoms with Gasteiger partial charge in [0.05, 0.1) is 17.3 Å². The monoisotopic (exact) mass is 236 g/mol. The zero-order chi connectivity index (χ0) is 12.0. The van der Waals surface area contributed by atoms with Gasteiger partial charge in [-0.25, -0.2) is 0 Å². The van der Waals surface area contributed by atoms with Crippen molar-refractivity contribution in [2.24, 2.45) is 0 Å². The lowest BCUT2D eigenvalue weighted by Crippen LogP contribution is -2.04. The lowest BCUT2D eigenvalue weighted by atomic mass is 10.1. The minimum absolute atomic E-state index is 0.202. The van der Waals surface area contributed by atoms with Gasteiger partial charge in [-0.2, -0.15) is 13.2 Å². The SMILES string of the molecule is FC(F)(F)c1cccc2c1cn1ccncc21. The number of fused-ring (bicyclic) bond motifs is 3. The van der Waals surface area contributed by atoms with E-state index in [1.807, 2.05) is 0 Å². The molecule has 0 atom stereocenters. The third-order valence-electron chi connectivity index (χ3n) is 2.74. The van der Waals surface area contributed by atoms with Crippen molar-refractivity contribution in [3.05, 3.63) is 48.5 Å². The van der Waals surface area contributed by atoms with Gasteiger partial charge >= 0.3 is 6.18 Å². The van der Waals surface area contributed by atoms with E-state index < -0.39 is 11.7 Å². The van der Waals surface area contributed by atoms with Crippen molar-refractivity contribution in [3.63, 3.8) is 0 Å². The van der Waals surface area contributed by atoms with Crippen LogP contribution >= 0.6 is 0 Å². The summed E-state index contributed by atoms with van der Waals surface area (Å²) in [5.74, 6) is 0. The molecule has 3 rings (SSSR count). The van der Waals surface area contributed by atoms with E-state index in [0.717, 1.165) is 6.07 Å². The summed E-state index contributed by atoms with van der Waals surface area (Å²) in [6, 6.07) is 4.18. The summed E-state index contributed by atoms with van der Waals surface area (Å²) in [6.07, 6.45) is 1.88. The Labute approximate surface area is 94.3 Å². The topological polar surface area (TPSA) is 17.3 Å². The second kappa shape index (κ2) is 3.23. The molecule has 0 aliphatic rings. The highest BCUT2D eigenvalue weighted by atomic mass is 19.4. The number of aromatic nitrogens is 2. The zero-order valence-corrected chi connectivity index (χ0v) is 8.57. The minimum atomic E-state index is -4.34. The Bertz CT molecular complexity index is 698. The van der Waals surface area contributed by atoms with Gasteiger partial charge in [0.15, 0.2) is 0 Å². The van der Waals surface area contributed by atoms with Crippen LogP contribution in [0.3, 0.4) is 0 Å². The van der Waals surface area contributed by atoms with Gasteiger partial charge in [-0.1, -0.05) is 12.1 Å². The smallest absolute Gasteiger partial charge is 0.320 e. The molecule has 86 valence electrons. The third-order valence-corrected chi connectivity index (χ3v) is 2.74. The molecule has 3 aromatic rings. The number of alkyl halides is 3. The quantitative estimate of drug-likeness (QED) is 0.583. The Morgan fingerprint density at radius 1 is 1.12 bits per heavy atom. The molecule has 0 N–H and O–H groups in total. The van der Waals surface area contributed by atoms with Crippen molar-refractivity contribution in [1.82, 2.24) is 9.38 Å². The summed E-state index contributed by atoms with van der Waals surface area (Å²) in [5.41, 5.74) is 0.0623. The van der Waals surface area contributed by atoms with Crippen LogP contribution in [0.25, 0.3) is 16.3 Å². The highest BCUT2D eigenvalue weighted by Crippen LogP contribution is 2.36. The fourth-order valence-electron chi connectivity index (χ4n) is 2.01. The standard InChI is InChI=1S/C12H7F3N2/c13-12(14,15)10-3-1-2-8-9(10)7-17-5-4-16-6-11(8)17/h1-7H. The van der Waals surface area contributed by atoms with Gasteiger partial charge in [0.25, 0.3) is 0 Å². The van der Waals surface area contributed by atoms with E-state index in [1.165, 1.54) is 12.3 Å². The Morgan fingerprint density at radius 2 is 1.94 bits per heavy atom. The number of nitrogens with zero attached hydrogens (tertiary/aromatic N) is 2. The van der Waals surface area contributed by atoms with Crippen molar-refractivity contribution in [2.45, 2.75) is 6.18 Å². The molecule has 0 saturated carbocycles. The molecule has 17 heavy (non-hydrogen) atoms. The lowest BCUT2D eigenvalue weighted by molar-refractivity contribution is -0.136. The van der Waals surface area contributed by atoms with E-state index in [2.05, 4.69) is 4.98 Å². The highest BCUT2D eigenvalue weighted by molar-refractivity contribution is 5.99. The van der Waals surface area contributed by atoms with Gasteiger partial charge in [-0.15, -0.1) is 0 Å². The summed E-state index contributed by atoms with van der Waals surface area (Å²) in [5, 5.41) is 0.765. The second-order valence-electron chi connectivity index (χ2n) is 3.76. The van der Waals surface area contributed by atoms with Crippen molar-refractivity contribution in [2.75, 3.05) is 0 Å². The van der Waals surface area contributed by atoms with Gasteiger partial charge in [0, 0.05) is 29.4 Å². The molecule has 5 heteroatoms. The summed E-state index contributed by atoms with van der Waals surface area (Å²) in [7, 11) is 0. The molecule has 0 saturated heterocycles. The van der Waals surface area contributed by atoms with Crippen LogP contribution in [0.15, 0.2) is 43.0 Å². The Kier molecular flexibility index (Phi) is 1.92. The van der Waals surface area contributed by atoms with Crippen LogP contribution in [0.5, 0.6) is 0 Å². The predicted octanol–water partition coefficient (Wildman–Crippen LogP) is 3.51. The number of hydrogen-bond donors (Lipinski definition) is 0. The van der Waals surface area contributed by atoms with Gasteiger partial charge in [-0.3, -0.25) is 4.98 Å². The summed E-state index contributed by atoms with van der Waals surface area (Å²) in [6.45, 7) is 0. The molecule has 0 bridgehead atoms. The molecule has 2 nitrogen and oxygen atoms in total.